The molecule has 1 saturated heterocycles. The molecule has 1 unspecified atom stereocenters. The van der Waals surface area contributed by atoms with Crippen molar-refractivity contribution in [1.29, 1.82) is 0 Å². The first-order valence-electron chi connectivity index (χ1n) is 10.3. The van der Waals surface area contributed by atoms with Crippen LogP contribution in [0.3, 0.4) is 0 Å². The predicted octanol–water partition coefficient (Wildman–Crippen LogP) is 3.96. The topological polar surface area (TPSA) is 80.4 Å². The van der Waals surface area contributed by atoms with Crippen molar-refractivity contribution in [3.63, 3.8) is 0 Å². The minimum Gasteiger partial charge on any atom is -0.464 e. The molecule has 0 spiro atoms. The number of nitrogens with one attached hydrogen (secondary N) is 1. The van der Waals surface area contributed by atoms with E-state index in [0.717, 1.165) is 35.5 Å². The Hall–Kier alpha value is -3.35. The van der Waals surface area contributed by atoms with Crippen molar-refractivity contribution in [1.82, 2.24) is 14.7 Å². The van der Waals surface area contributed by atoms with E-state index in [1.54, 1.807) is 15.8 Å². The highest BCUT2D eigenvalue weighted by Gasteiger charge is 2.30. The summed E-state index contributed by atoms with van der Waals surface area (Å²) in [6.45, 7) is 5.57. The van der Waals surface area contributed by atoms with Crippen molar-refractivity contribution < 1.29 is 14.0 Å². The van der Waals surface area contributed by atoms with Crippen LogP contribution >= 0.6 is 0 Å². The van der Waals surface area contributed by atoms with Gasteiger partial charge in [-0.1, -0.05) is 0 Å². The van der Waals surface area contributed by atoms with Gasteiger partial charge in [-0.25, -0.2) is 0 Å². The first-order valence-corrected chi connectivity index (χ1v) is 10.3. The van der Waals surface area contributed by atoms with Crippen LogP contribution in [0.5, 0.6) is 0 Å². The Morgan fingerprint density at radius 3 is 2.73 bits per heavy atom. The quantitative estimate of drug-likeness (QED) is 0.695. The van der Waals surface area contributed by atoms with E-state index in [-0.39, 0.29) is 17.7 Å². The third-order valence-electron chi connectivity index (χ3n) is 5.46. The number of benzene rings is 1. The molecule has 1 N–H and O–H groups in total. The SMILES string of the molecule is CCn1nc(C)cc1C(=O)N1CCCC(C(=O)Nc2ccc(-c3ccco3)cc2)C1. The minimum atomic E-state index is -0.230. The lowest BCUT2D eigenvalue weighted by Gasteiger charge is -2.32. The van der Waals surface area contributed by atoms with Gasteiger partial charge in [0.05, 0.1) is 17.9 Å². The maximum Gasteiger partial charge on any atom is 0.272 e. The number of likely N-dealkylation sites (tertiary alicyclic amines) is 1. The van der Waals surface area contributed by atoms with E-state index in [2.05, 4.69) is 10.4 Å². The molecule has 156 valence electrons. The van der Waals surface area contributed by atoms with Gasteiger partial charge in [0, 0.05) is 30.9 Å². The van der Waals surface area contributed by atoms with Crippen LogP contribution in [0.2, 0.25) is 0 Å². The lowest BCUT2D eigenvalue weighted by molar-refractivity contribution is -0.121. The van der Waals surface area contributed by atoms with Crippen molar-refractivity contribution in [2.45, 2.75) is 33.2 Å². The number of aryl methyl sites for hydroxylation is 2. The molecular weight excluding hydrogens is 380 g/mol. The summed E-state index contributed by atoms with van der Waals surface area (Å²) >= 11 is 0. The number of hydrogen-bond acceptors (Lipinski definition) is 4. The zero-order valence-electron chi connectivity index (χ0n) is 17.3. The van der Waals surface area contributed by atoms with Gasteiger partial charge in [-0.15, -0.1) is 0 Å². The Bertz CT molecular complexity index is 1020. The summed E-state index contributed by atoms with van der Waals surface area (Å²) in [4.78, 5) is 27.6. The second-order valence-electron chi connectivity index (χ2n) is 7.62. The van der Waals surface area contributed by atoms with Crippen LogP contribution in [0.4, 0.5) is 5.69 Å². The third-order valence-corrected chi connectivity index (χ3v) is 5.46. The summed E-state index contributed by atoms with van der Waals surface area (Å²) < 4.78 is 7.12. The summed E-state index contributed by atoms with van der Waals surface area (Å²) in [5.41, 5.74) is 3.10. The average molecular weight is 406 g/mol. The second-order valence-corrected chi connectivity index (χ2v) is 7.62. The van der Waals surface area contributed by atoms with E-state index in [4.69, 9.17) is 4.42 Å². The van der Waals surface area contributed by atoms with E-state index in [9.17, 15) is 9.59 Å². The van der Waals surface area contributed by atoms with Crippen LogP contribution in [0.25, 0.3) is 11.3 Å². The zero-order valence-corrected chi connectivity index (χ0v) is 17.3. The lowest BCUT2D eigenvalue weighted by atomic mass is 9.96. The van der Waals surface area contributed by atoms with Crippen molar-refractivity contribution in [2.24, 2.45) is 5.92 Å². The van der Waals surface area contributed by atoms with Gasteiger partial charge >= 0.3 is 0 Å². The molecule has 7 nitrogen and oxygen atoms in total. The fourth-order valence-corrected chi connectivity index (χ4v) is 3.90. The van der Waals surface area contributed by atoms with E-state index < -0.39 is 0 Å². The smallest absolute Gasteiger partial charge is 0.272 e. The van der Waals surface area contributed by atoms with E-state index in [1.807, 2.05) is 56.3 Å². The molecule has 3 aromatic rings. The number of rotatable bonds is 5. The van der Waals surface area contributed by atoms with Crippen molar-refractivity contribution in [3.8, 4) is 11.3 Å². The van der Waals surface area contributed by atoms with Gasteiger partial charge in [-0.3, -0.25) is 14.3 Å². The molecule has 1 aliphatic heterocycles. The molecule has 4 rings (SSSR count). The molecule has 1 fully saturated rings. The first kappa shape index (κ1) is 19.9. The number of aromatic nitrogens is 2. The number of amides is 2. The maximum absolute atomic E-state index is 13.0. The number of anilines is 1. The molecular formula is C23H26N4O3. The Labute approximate surface area is 175 Å². The highest BCUT2D eigenvalue weighted by Crippen LogP contribution is 2.24. The molecule has 0 radical (unpaired) electrons. The summed E-state index contributed by atoms with van der Waals surface area (Å²) in [7, 11) is 0. The number of furan rings is 1. The second kappa shape index (κ2) is 8.57. The van der Waals surface area contributed by atoms with Gasteiger partial charge in [0.25, 0.3) is 5.91 Å². The summed E-state index contributed by atoms with van der Waals surface area (Å²) in [6, 6.07) is 13.1. The number of carbonyl (C=O) groups excluding carboxylic acids is 2. The minimum absolute atomic E-state index is 0.0570. The van der Waals surface area contributed by atoms with Gasteiger partial charge in [0.1, 0.15) is 11.5 Å². The molecule has 3 heterocycles. The van der Waals surface area contributed by atoms with Crippen LogP contribution in [-0.2, 0) is 11.3 Å². The largest absolute Gasteiger partial charge is 0.464 e. The fourth-order valence-electron chi connectivity index (χ4n) is 3.90. The third kappa shape index (κ3) is 4.15. The van der Waals surface area contributed by atoms with Gasteiger partial charge in [-0.2, -0.15) is 5.10 Å². The van der Waals surface area contributed by atoms with E-state index >= 15 is 0 Å². The number of piperidine rings is 1. The fraction of sp³-hybridized carbons (Fsp3) is 0.348. The first-order chi connectivity index (χ1) is 14.5. The van der Waals surface area contributed by atoms with Crippen molar-refractivity contribution in [3.05, 3.63) is 60.1 Å². The Balaban J connectivity index is 1.40. The Kier molecular flexibility index (Phi) is 5.70. The molecule has 0 aliphatic carbocycles. The molecule has 1 aromatic carbocycles. The highest BCUT2D eigenvalue weighted by molar-refractivity contribution is 5.95. The monoisotopic (exact) mass is 406 g/mol. The average Bonchev–Trinajstić information content (AvgIpc) is 3.43. The molecule has 1 atom stereocenters. The molecule has 0 bridgehead atoms. The summed E-state index contributed by atoms with van der Waals surface area (Å²) in [5, 5.41) is 7.35. The van der Waals surface area contributed by atoms with E-state index in [0.29, 0.717) is 25.3 Å². The van der Waals surface area contributed by atoms with Crippen LogP contribution in [-0.4, -0.2) is 39.6 Å². The molecule has 0 saturated carbocycles. The van der Waals surface area contributed by atoms with Gasteiger partial charge in [0.2, 0.25) is 5.91 Å². The molecule has 7 heteroatoms. The molecule has 2 aromatic heterocycles. The maximum atomic E-state index is 13.0. The Morgan fingerprint density at radius 1 is 1.23 bits per heavy atom. The summed E-state index contributed by atoms with van der Waals surface area (Å²) in [5.74, 6) is 0.443. The predicted molar refractivity (Wildman–Crippen MR) is 114 cm³/mol. The molecule has 1 aliphatic rings. The van der Waals surface area contributed by atoms with Crippen LogP contribution in [0.1, 0.15) is 35.9 Å². The van der Waals surface area contributed by atoms with Crippen molar-refractivity contribution >= 4 is 17.5 Å². The molecule has 30 heavy (non-hydrogen) atoms. The highest BCUT2D eigenvalue weighted by atomic mass is 16.3. The van der Waals surface area contributed by atoms with Crippen molar-refractivity contribution in [2.75, 3.05) is 18.4 Å². The lowest BCUT2D eigenvalue weighted by Crippen LogP contribution is -2.44. The number of nitrogens with zero attached hydrogens (tertiary/aromatic N) is 3. The normalized spacial score (nSPS) is 16.5. The van der Waals surface area contributed by atoms with E-state index in [1.165, 1.54) is 0 Å². The van der Waals surface area contributed by atoms with Gasteiger partial charge in [-0.05, 0) is 69.2 Å². The van der Waals surface area contributed by atoms with Crippen LogP contribution < -0.4 is 5.32 Å². The van der Waals surface area contributed by atoms with Crippen LogP contribution in [0.15, 0.2) is 53.1 Å². The summed E-state index contributed by atoms with van der Waals surface area (Å²) in [6.07, 6.45) is 3.21. The zero-order chi connectivity index (χ0) is 21.1. The van der Waals surface area contributed by atoms with Gasteiger partial charge in [0.15, 0.2) is 0 Å². The van der Waals surface area contributed by atoms with Crippen LogP contribution in [0, 0.1) is 12.8 Å². The standard InChI is InChI=1S/C23H26N4O3/c1-3-27-20(14-16(2)25-27)23(29)26-12-4-6-18(15-26)22(28)24-19-10-8-17(9-11-19)21-7-5-13-30-21/h5,7-11,13-14,18H,3-4,6,12,15H2,1-2H3,(H,24,28). The molecule has 2 amide bonds. The van der Waals surface area contributed by atoms with Gasteiger partial charge < -0.3 is 14.6 Å². The Morgan fingerprint density at radius 2 is 2.03 bits per heavy atom. The number of carbonyl (C=O) groups is 2. The number of hydrogen-bond donors (Lipinski definition) is 1.